The summed E-state index contributed by atoms with van der Waals surface area (Å²) in [6.07, 6.45) is 6.53. The number of nitrogens with zero attached hydrogens (tertiary/aromatic N) is 1. The number of nitrogens with one attached hydrogen (secondary N) is 2. The van der Waals surface area contributed by atoms with Crippen LogP contribution in [0.15, 0.2) is 48.7 Å². The van der Waals surface area contributed by atoms with Crippen LogP contribution >= 0.6 is 0 Å². The van der Waals surface area contributed by atoms with Crippen molar-refractivity contribution in [3.63, 3.8) is 0 Å². The first-order valence-corrected chi connectivity index (χ1v) is 11.3. The Balaban J connectivity index is 1.16. The fourth-order valence-corrected chi connectivity index (χ4v) is 5.06. The van der Waals surface area contributed by atoms with Gasteiger partial charge in [0, 0.05) is 39.6 Å². The number of aromatic carboxylic acids is 1. The molecule has 1 fully saturated rings. The van der Waals surface area contributed by atoms with Gasteiger partial charge in [0.1, 0.15) is 5.75 Å². The number of hydrogen-bond acceptors (Lipinski definition) is 3. The van der Waals surface area contributed by atoms with E-state index >= 15 is 0 Å². The Bertz CT molecular complexity index is 1250. The summed E-state index contributed by atoms with van der Waals surface area (Å²) in [4.78, 5) is 20.7. The number of piperidine rings is 1. The predicted octanol–water partition coefficient (Wildman–Crippen LogP) is 5.17. The van der Waals surface area contributed by atoms with Gasteiger partial charge in [0.2, 0.25) is 0 Å². The summed E-state index contributed by atoms with van der Waals surface area (Å²) in [7, 11) is 1.73. The number of hydrogen-bond donors (Lipinski definition) is 3. The van der Waals surface area contributed by atoms with Crippen LogP contribution in [-0.4, -0.2) is 52.7 Å². The molecule has 3 heterocycles. The molecule has 1 aliphatic rings. The number of aryl methyl sites for hydroxylation is 1. The van der Waals surface area contributed by atoms with E-state index in [0.717, 1.165) is 67.5 Å². The molecule has 0 unspecified atom stereocenters. The number of aromatic amines is 2. The van der Waals surface area contributed by atoms with E-state index in [1.54, 1.807) is 19.2 Å². The molecule has 0 amide bonds. The SMILES string of the molecule is COc1cccc2[nH]cc(CCCN3CCC(c4cc5cc(C(=O)O)ccc5[nH]4)CC3)c12. The van der Waals surface area contributed by atoms with Crippen molar-refractivity contribution >= 4 is 27.8 Å². The summed E-state index contributed by atoms with van der Waals surface area (Å²) in [6.45, 7) is 3.29. The molecule has 3 N–H and O–H groups in total. The molecule has 5 rings (SSSR count). The smallest absolute Gasteiger partial charge is 0.335 e. The van der Waals surface area contributed by atoms with Crippen molar-refractivity contribution in [1.82, 2.24) is 14.9 Å². The van der Waals surface area contributed by atoms with Crippen molar-refractivity contribution in [2.45, 2.75) is 31.6 Å². The van der Waals surface area contributed by atoms with Crippen LogP contribution in [0.3, 0.4) is 0 Å². The highest BCUT2D eigenvalue weighted by atomic mass is 16.5. The number of benzene rings is 2. The first-order valence-electron chi connectivity index (χ1n) is 11.3. The van der Waals surface area contributed by atoms with E-state index in [-0.39, 0.29) is 0 Å². The largest absolute Gasteiger partial charge is 0.496 e. The van der Waals surface area contributed by atoms with Gasteiger partial charge in [-0.1, -0.05) is 6.07 Å². The number of likely N-dealkylation sites (tertiary alicyclic amines) is 1. The summed E-state index contributed by atoms with van der Waals surface area (Å²) in [5, 5.41) is 11.4. The fourth-order valence-electron chi connectivity index (χ4n) is 5.06. The van der Waals surface area contributed by atoms with Gasteiger partial charge in [-0.15, -0.1) is 0 Å². The van der Waals surface area contributed by atoms with Crippen LogP contribution in [0.1, 0.15) is 46.8 Å². The lowest BCUT2D eigenvalue weighted by Crippen LogP contribution is -2.33. The van der Waals surface area contributed by atoms with Crippen molar-refractivity contribution in [2.24, 2.45) is 0 Å². The van der Waals surface area contributed by atoms with Gasteiger partial charge in [0.15, 0.2) is 0 Å². The number of carbonyl (C=O) groups is 1. The van der Waals surface area contributed by atoms with Gasteiger partial charge < -0.3 is 24.7 Å². The summed E-state index contributed by atoms with van der Waals surface area (Å²) in [6, 6.07) is 13.6. The zero-order chi connectivity index (χ0) is 22.1. The molecular formula is C26H29N3O3. The average Bonchev–Trinajstić information content (AvgIpc) is 3.43. The molecule has 166 valence electrons. The van der Waals surface area contributed by atoms with E-state index in [0.29, 0.717) is 11.5 Å². The van der Waals surface area contributed by atoms with Crippen molar-refractivity contribution in [2.75, 3.05) is 26.7 Å². The standard InChI is InChI=1S/C26H29N3O3/c1-32-24-6-2-5-22-25(24)19(16-27-22)4-3-11-29-12-9-17(10-13-29)23-15-20-14-18(26(30)31)7-8-21(20)28-23/h2,5-8,14-17,27-28H,3-4,9-13H2,1H3,(H,30,31). The topological polar surface area (TPSA) is 81.3 Å². The van der Waals surface area contributed by atoms with E-state index in [2.05, 4.69) is 33.2 Å². The van der Waals surface area contributed by atoms with E-state index in [9.17, 15) is 9.90 Å². The zero-order valence-corrected chi connectivity index (χ0v) is 18.4. The molecule has 0 saturated carbocycles. The van der Waals surface area contributed by atoms with E-state index in [4.69, 9.17) is 4.74 Å². The van der Waals surface area contributed by atoms with Gasteiger partial charge in [-0.25, -0.2) is 4.79 Å². The summed E-state index contributed by atoms with van der Waals surface area (Å²) < 4.78 is 5.55. The molecule has 0 spiro atoms. The summed E-state index contributed by atoms with van der Waals surface area (Å²) in [5.74, 6) is 0.562. The maximum atomic E-state index is 11.2. The highest BCUT2D eigenvalue weighted by molar-refractivity contribution is 5.93. The third kappa shape index (κ3) is 3.98. The van der Waals surface area contributed by atoms with Gasteiger partial charge in [0.05, 0.1) is 12.7 Å². The zero-order valence-electron chi connectivity index (χ0n) is 18.4. The number of aromatic nitrogens is 2. The normalized spacial score (nSPS) is 15.5. The summed E-state index contributed by atoms with van der Waals surface area (Å²) in [5.41, 5.74) is 5.04. The Labute approximate surface area is 187 Å². The van der Waals surface area contributed by atoms with Crippen LogP contribution in [0, 0.1) is 0 Å². The number of carboxylic acids is 1. The molecule has 4 aromatic rings. The molecule has 6 heteroatoms. The Morgan fingerprint density at radius 2 is 2.00 bits per heavy atom. The molecule has 1 aliphatic heterocycles. The van der Waals surface area contributed by atoms with Gasteiger partial charge in [-0.05, 0) is 87.3 Å². The van der Waals surface area contributed by atoms with Gasteiger partial charge in [0.25, 0.3) is 0 Å². The number of carboxylic acid groups (broad SMARTS) is 1. The van der Waals surface area contributed by atoms with Crippen molar-refractivity contribution < 1.29 is 14.6 Å². The number of H-pyrrole nitrogens is 2. The first kappa shape index (κ1) is 20.6. The average molecular weight is 432 g/mol. The van der Waals surface area contributed by atoms with Crippen molar-refractivity contribution in [3.05, 3.63) is 65.5 Å². The lowest BCUT2D eigenvalue weighted by atomic mass is 9.93. The van der Waals surface area contributed by atoms with Crippen molar-refractivity contribution in [1.29, 1.82) is 0 Å². The molecule has 0 atom stereocenters. The first-order chi connectivity index (χ1) is 15.6. The third-order valence-electron chi connectivity index (χ3n) is 6.81. The molecular weight excluding hydrogens is 402 g/mol. The van der Waals surface area contributed by atoms with Gasteiger partial charge in [-0.3, -0.25) is 0 Å². The number of methoxy groups -OCH3 is 1. The second-order valence-corrected chi connectivity index (χ2v) is 8.75. The van der Waals surface area contributed by atoms with Crippen LogP contribution < -0.4 is 4.74 Å². The minimum Gasteiger partial charge on any atom is -0.496 e. The molecule has 0 radical (unpaired) electrons. The second kappa shape index (κ2) is 8.71. The minimum absolute atomic E-state index is 0.339. The molecule has 0 bridgehead atoms. The summed E-state index contributed by atoms with van der Waals surface area (Å²) >= 11 is 0. The molecule has 6 nitrogen and oxygen atoms in total. The molecule has 2 aromatic heterocycles. The Hall–Kier alpha value is -3.25. The monoisotopic (exact) mass is 431 g/mol. The maximum Gasteiger partial charge on any atom is 0.335 e. The fraction of sp³-hybridized carbons (Fsp3) is 0.346. The molecule has 0 aliphatic carbocycles. The highest BCUT2D eigenvalue weighted by Gasteiger charge is 2.22. The van der Waals surface area contributed by atoms with Crippen LogP contribution in [0.2, 0.25) is 0 Å². The van der Waals surface area contributed by atoms with Gasteiger partial charge >= 0.3 is 5.97 Å². The highest BCUT2D eigenvalue weighted by Crippen LogP contribution is 2.31. The van der Waals surface area contributed by atoms with E-state index in [1.165, 1.54) is 16.6 Å². The number of ether oxygens (including phenoxy) is 1. The minimum atomic E-state index is -0.881. The molecule has 32 heavy (non-hydrogen) atoms. The lowest BCUT2D eigenvalue weighted by Gasteiger charge is -2.31. The molecule has 1 saturated heterocycles. The van der Waals surface area contributed by atoms with E-state index in [1.807, 2.05) is 18.2 Å². The van der Waals surface area contributed by atoms with E-state index < -0.39 is 5.97 Å². The van der Waals surface area contributed by atoms with Crippen LogP contribution in [-0.2, 0) is 6.42 Å². The van der Waals surface area contributed by atoms with Gasteiger partial charge in [-0.2, -0.15) is 0 Å². The maximum absolute atomic E-state index is 11.2. The van der Waals surface area contributed by atoms with Crippen LogP contribution in [0.5, 0.6) is 5.75 Å². The Kier molecular flexibility index (Phi) is 5.62. The third-order valence-corrected chi connectivity index (χ3v) is 6.81. The molecule has 2 aromatic carbocycles. The second-order valence-electron chi connectivity index (χ2n) is 8.75. The quantitative estimate of drug-likeness (QED) is 0.377. The van der Waals surface area contributed by atoms with Crippen LogP contribution in [0.25, 0.3) is 21.8 Å². The predicted molar refractivity (Wildman–Crippen MR) is 127 cm³/mol. The lowest BCUT2D eigenvalue weighted by molar-refractivity contribution is 0.0697. The van der Waals surface area contributed by atoms with Crippen LogP contribution in [0.4, 0.5) is 0 Å². The Morgan fingerprint density at radius 3 is 2.78 bits per heavy atom. The number of fused-ring (bicyclic) bond motifs is 2. The Morgan fingerprint density at radius 1 is 1.16 bits per heavy atom. The van der Waals surface area contributed by atoms with Crippen molar-refractivity contribution in [3.8, 4) is 5.75 Å². The number of rotatable bonds is 7.